The van der Waals surface area contributed by atoms with Crippen LogP contribution >= 0.6 is 11.6 Å². The maximum Gasteiger partial charge on any atom is 0.251 e. The molecule has 0 radical (unpaired) electrons. The first-order valence-corrected chi connectivity index (χ1v) is 10.8. The van der Waals surface area contributed by atoms with Crippen molar-refractivity contribution in [1.29, 1.82) is 0 Å². The average molecular weight is 455 g/mol. The maximum atomic E-state index is 13.0. The van der Waals surface area contributed by atoms with E-state index in [4.69, 9.17) is 11.6 Å². The first-order chi connectivity index (χ1) is 14.9. The second-order valence-corrected chi connectivity index (χ2v) is 8.45. The minimum absolute atomic E-state index is 0.0821. The quantitative estimate of drug-likeness (QED) is 0.441. The molecule has 156 valence electrons. The van der Waals surface area contributed by atoms with Crippen molar-refractivity contribution < 1.29 is 18.5 Å². The number of carbonyl (C=O) groups is 2. The van der Waals surface area contributed by atoms with E-state index in [0.717, 1.165) is 5.56 Å². The molecule has 1 atom stereocenters. The fourth-order valence-corrected chi connectivity index (χ4v) is 4.19. The van der Waals surface area contributed by atoms with Gasteiger partial charge in [-0.3, -0.25) is 9.59 Å². The number of ketones is 1. The molecule has 2 N–H and O–H groups in total. The molecule has 0 saturated heterocycles. The number of carbonyl (C=O) groups excluding carboxylic acids is 2. The van der Waals surface area contributed by atoms with Gasteiger partial charge in [0.2, 0.25) is 10.7 Å². The van der Waals surface area contributed by atoms with Crippen molar-refractivity contribution in [3.05, 3.63) is 105 Å². The largest absolute Gasteiger partial charge is 0.588 e. The van der Waals surface area contributed by atoms with Gasteiger partial charge in [0.15, 0.2) is 0 Å². The molecule has 31 heavy (non-hydrogen) atoms. The van der Waals surface area contributed by atoms with Gasteiger partial charge in [-0.15, -0.1) is 0 Å². The zero-order chi connectivity index (χ0) is 22.0. The molecule has 0 fully saturated rings. The first kappa shape index (κ1) is 21.1. The molecule has 0 aromatic heterocycles. The zero-order valence-corrected chi connectivity index (χ0v) is 17.6. The van der Waals surface area contributed by atoms with Gasteiger partial charge in [0, 0.05) is 23.2 Å². The number of rotatable bonds is 4. The Morgan fingerprint density at radius 2 is 1.81 bits per heavy atom. The van der Waals surface area contributed by atoms with Crippen LogP contribution in [0.2, 0.25) is 5.02 Å². The lowest BCUT2D eigenvalue weighted by molar-refractivity contribution is 0.0951. The standard InChI is InChI=1S/C23H16ClFN2O3S/c24-17-6-1-14(2-7-17)11-21-22(28)19-12-16(5-10-20(19)27-31(21)30)23(29)26-13-15-3-8-18(25)9-4-15/h1-12,27H,13H2,(H,26,29)/b21-11-. The Balaban J connectivity index is 1.55. The fourth-order valence-electron chi connectivity index (χ4n) is 3.05. The van der Waals surface area contributed by atoms with Crippen molar-refractivity contribution in [1.82, 2.24) is 5.32 Å². The molecular formula is C23H16ClFN2O3S. The number of hydrogen-bond acceptors (Lipinski definition) is 4. The van der Waals surface area contributed by atoms with Gasteiger partial charge in [0.05, 0.1) is 11.3 Å². The molecule has 3 aromatic rings. The molecule has 3 aromatic carbocycles. The average Bonchev–Trinajstić information content (AvgIpc) is 2.77. The topological polar surface area (TPSA) is 81.3 Å². The number of hydrogen-bond donors (Lipinski definition) is 2. The Labute approximate surface area is 186 Å². The van der Waals surface area contributed by atoms with Crippen LogP contribution in [-0.2, 0) is 17.9 Å². The Morgan fingerprint density at radius 1 is 1.10 bits per heavy atom. The minimum atomic E-state index is -1.73. The normalized spacial score (nSPS) is 16.5. The zero-order valence-electron chi connectivity index (χ0n) is 16.0. The summed E-state index contributed by atoms with van der Waals surface area (Å²) in [6.45, 7) is 0.216. The summed E-state index contributed by atoms with van der Waals surface area (Å²) < 4.78 is 28.3. The molecule has 1 aliphatic rings. The first-order valence-electron chi connectivity index (χ1n) is 9.28. The number of allylic oxidation sites excluding steroid dienone is 1. The second kappa shape index (κ2) is 8.93. The summed E-state index contributed by atoms with van der Waals surface area (Å²) in [7, 11) is 0. The molecule has 4 rings (SSSR count). The molecule has 8 heteroatoms. The predicted molar refractivity (Wildman–Crippen MR) is 120 cm³/mol. The van der Waals surface area contributed by atoms with E-state index in [1.807, 2.05) is 0 Å². The summed E-state index contributed by atoms with van der Waals surface area (Å²) in [5.74, 6) is -1.15. The molecule has 0 aliphatic carbocycles. The number of benzene rings is 3. The summed E-state index contributed by atoms with van der Waals surface area (Å²) in [5.41, 5.74) is 2.36. The molecule has 0 bridgehead atoms. The summed E-state index contributed by atoms with van der Waals surface area (Å²) in [6, 6.07) is 17.2. The highest BCUT2D eigenvalue weighted by Gasteiger charge is 2.34. The van der Waals surface area contributed by atoms with Crippen LogP contribution in [0.5, 0.6) is 0 Å². The Hall–Kier alpha value is -3.13. The minimum Gasteiger partial charge on any atom is -0.588 e. The molecule has 0 saturated carbocycles. The van der Waals surface area contributed by atoms with Crippen molar-refractivity contribution in [2.75, 3.05) is 4.72 Å². The summed E-state index contributed by atoms with van der Waals surface area (Å²) in [4.78, 5) is 25.6. The van der Waals surface area contributed by atoms with Gasteiger partial charge < -0.3 is 9.87 Å². The van der Waals surface area contributed by atoms with Crippen molar-refractivity contribution in [2.45, 2.75) is 6.54 Å². The number of Topliss-reactive ketones (excluding diaryl/α,β-unsaturated/α-hetero) is 1. The van der Waals surface area contributed by atoms with E-state index in [1.165, 1.54) is 24.3 Å². The highest BCUT2D eigenvalue weighted by molar-refractivity contribution is 7.97. The van der Waals surface area contributed by atoms with Crippen LogP contribution in [0.15, 0.2) is 71.6 Å². The molecule has 5 nitrogen and oxygen atoms in total. The summed E-state index contributed by atoms with van der Waals surface area (Å²) in [6.07, 6.45) is 1.53. The van der Waals surface area contributed by atoms with Gasteiger partial charge in [-0.1, -0.05) is 35.9 Å². The van der Waals surface area contributed by atoms with Crippen molar-refractivity contribution in [2.24, 2.45) is 0 Å². The number of halogens is 2. The molecule has 1 unspecified atom stereocenters. The van der Waals surface area contributed by atoms with Crippen LogP contribution in [0, 0.1) is 5.82 Å². The van der Waals surface area contributed by atoms with E-state index in [1.54, 1.807) is 48.5 Å². The highest BCUT2D eigenvalue weighted by atomic mass is 35.5. The van der Waals surface area contributed by atoms with Gasteiger partial charge in [0.1, 0.15) is 17.2 Å². The third-order valence-corrected chi connectivity index (χ3v) is 6.05. The van der Waals surface area contributed by atoms with Crippen LogP contribution in [0.4, 0.5) is 10.1 Å². The fraction of sp³-hybridized carbons (Fsp3) is 0.0435. The molecule has 1 aliphatic heterocycles. The Kier molecular flexibility index (Phi) is 6.08. The van der Waals surface area contributed by atoms with Gasteiger partial charge >= 0.3 is 0 Å². The Morgan fingerprint density at radius 3 is 2.52 bits per heavy atom. The van der Waals surface area contributed by atoms with Crippen LogP contribution < -0.4 is 10.0 Å². The summed E-state index contributed by atoms with van der Waals surface area (Å²) >= 11 is 4.16. The SMILES string of the molecule is O=C(NCc1ccc(F)cc1)c1ccc2c(c1)C(=O)/C(=C/c1ccc(Cl)cc1)[S+]([O-])N2. The van der Waals surface area contributed by atoms with Crippen LogP contribution in [0.1, 0.15) is 31.8 Å². The monoisotopic (exact) mass is 454 g/mol. The third kappa shape index (κ3) is 4.80. The van der Waals surface area contributed by atoms with Gasteiger partial charge in [-0.05, 0) is 53.6 Å². The lowest BCUT2D eigenvalue weighted by Gasteiger charge is -2.21. The van der Waals surface area contributed by atoms with Crippen molar-refractivity contribution in [3.8, 4) is 0 Å². The molecule has 1 heterocycles. The summed E-state index contributed by atoms with van der Waals surface area (Å²) in [5, 5.41) is 3.29. The van der Waals surface area contributed by atoms with Gasteiger partial charge in [0.25, 0.3) is 5.91 Å². The van der Waals surface area contributed by atoms with E-state index in [2.05, 4.69) is 10.0 Å². The number of amides is 1. The highest BCUT2D eigenvalue weighted by Crippen LogP contribution is 2.31. The van der Waals surface area contributed by atoms with Crippen molar-refractivity contribution >= 4 is 46.4 Å². The van der Waals surface area contributed by atoms with Crippen LogP contribution in [-0.4, -0.2) is 16.2 Å². The third-order valence-electron chi connectivity index (χ3n) is 4.69. The molecular weight excluding hydrogens is 439 g/mol. The van der Waals surface area contributed by atoms with Gasteiger partial charge in [-0.2, -0.15) is 0 Å². The van der Waals surface area contributed by atoms with E-state index < -0.39 is 17.1 Å². The lowest BCUT2D eigenvalue weighted by Crippen LogP contribution is -2.28. The van der Waals surface area contributed by atoms with E-state index in [0.29, 0.717) is 16.3 Å². The maximum absolute atomic E-state index is 13.0. The number of nitrogens with one attached hydrogen (secondary N) is 2. The molecule has 1 amide bonds. The van der Waals surface area contributed by atoms with E-state index >= 15 is 0 Å². The number of anilines is 1. The smallest absolute Gasteiger partial charge is 0.251 e. The van der Waals surface area contributed by atoms with Crippen LogP contribution in [0.3, 0.4) is 0 Å². The van der Waals surface area contributed by atoms with E-state index in [9.17, 15) is 18.5 Å². The predicted octanol–water partition coefficient (Wildman–Crippen LogP) is 4.72. The van der Waals surface area contributed by atoms with Crippen LogP contribution in [0.25, 0.3) is 6.08 Å². The van der Waals surface area contributed by atoms with Crippen molar-refractivity contribution in [3.63, 3.8) is 0 Å². The van der Waals surface area contributed by atoms with E-state index in [-0.39, 0.29) is 34.3 Å². The lowest BCUT2D eigenvalue weighted by atomic mass is 10.0. The molecule has 0 spiro atoms. The number of fused-ring (bicyclic) bond motifs is 1. The second-order valence-electron chi connectivity index (χ2n) is 6.83. The van der Waals surface area contributed by atoms with Gasteiger partial charge in [-0.25, -0.2) is 9.11 Å². The Bertz CT molecular complexity index is 1180.